The molecule has 0 spiro atoms. The zero-order chi connectivity index (χ0) is 28.8. The minimum absolute atomic E-state index is 0.00337. The summed E-state index contributed by atoms with van der Waals surface area (Å²) in [5.74, 6) is -0.350. The number of aromatic nitrogens is 5. The van der Waals surface area contributed by atoms with E-state index in [1.165, 1.54) is 26.5 Å². The number of nitrogens with one attached hydrogen (secondary N) is 2. The van der Waals surface area contributed by atoms with E-state index in [1.807, 2.05) is 13.8 Å². The molecule has 4 rings (SSSR count). The van der Waals surface area contributed by atoms with Gasteiger partial charge < -0.3 is 20.1 Å². The summed E-state index contributed by atoms with van der Waals surface area (Å²) in [5, 5.41) is 14.6. The van der Waals surface area contributed by atoms with Crippen molar-refractivity contribution in [2.24, 2.45) is 11.8 Å². The largest absolute Gasteiger partial charge is 0.481 e. The van der Waals surface area contributed by atoms with E-state index in [0.717, 1.165) is 31.9 Å². The number of pyridine rings is 1. The highest BCUT2D eigenvalue weighted by atomic mass is 19.1. The fourth-order valence-electron chi connectivity index (χ4n) is 5.25. The molecule has 2 N–H and O–H groups in total. The molecule has 1 saturated carbocycles. The van der Waals surface area contributed by atoms with E-state index in [9.17, 15) is 14.0 Å². The number of hydrogen-bond acceptors (Lipinski definition) is 7. The van der Waals surface area contributed by atoms with Crippen molar-refractivity contribution in [1.82, 2.24) is 29.9 Å². The maximum atomic E-state index is 14.1. The molecule has 2 atom stereocenters. The molecule has 1 aliphatic carbocycles. The molecule has 3 aromatic heterocycles. The molecule has 2 amide bonds. The molecule has 1 aliphatic rings. The number of carbonyl (C=O) groups excluding carboxylic acids is 2. The van der Waals surface area contributed by atoms with E-state index in [1.54, 1.807) is 27.8 Å². The first kappa shape index (κ1) is 29.2. The number of nitrogens with zero attached hydrogens (tertiary/aromatic N) is 5. The fraction of sp³-hybridized carbons (Fsp3) is 0.536. The molecule has 3 aromatic rings. The molecule has 0 aromatic carbocycles. The number of hydrogen-bond donors (Lipinski definition) is 2. The number of amides is 2. The van der Waals surface area contributed by atoms with Crippen molar-refractivity contribution >= 4 is 17.5 Å². The Morgan fingerprint density at radius 2 is 1.90 bits per heavy atom. The van der Waals surface area contributed by atoms with Crippen LogP contribution in [0.25, 0.3) is 0 Å². The SMILES string of the molecule is COCC(c1cc(F)cnc1OC)n1cc(NC(=O)[C@@H](NC(=O)c2ccnn2C(C)C)[C@H]2CC[C@H](C)CC2)cn1. The second-order valence-corrected chi connectivity index (χ2v) is 10.6. The van der Waals surface area contributed by atoms with Gasteiger partial charge >= 0.3 is 0 Å². The maximum Gasteiger partial charge on any atom is 0.270 e. The smallest absolute Gasteiger partial charge is 0.270 e. The second-order valence-electron chi connectivity index (χ2n) is 10.6. The fourth-order valence-corrected chi connectivity index (χ4v) is 5.25. The van der Waals surface area contributed by atoms with E-state index in [4.69, 9.17) is 9.47 Å². The molecule has 1 unspecified atom stereocenters. The lowest BCUT2D eigenvalue weighted by molar-refractivity contribution is -0.119. The van der Waals surface area contributed by atoms with Crippen LogP contribution in [-0.4, -0.2) is 63.2 Å². The minimum Gasteiger partial charge on any atom is -0.481 e. The average Bonchev–Trinajstić information content (AvgIpc) is 3.61. The van der Waals surface area contributed by atoms with Crippen LogP contribution in [0, 0.1) is 17.7 Å². The van der Waals surface area contributed by atoms with Crippen molar-refractivity contribution in [3.05, 3.63) is 54.0 Å². The van der Waals surface area contributed by atoms with Crippen LogP contribution in [0.1, 0.15) is 74.6 Å². The molecule has 0 radical (unpaired) electrons. The predicted octanol–water partition coefficient (Wildman–Crippen LogP) is 4.00. The Bertz CT molecular complexity index is 1300. The number of halogens is 1. The lowest BCUT2D eigenvalue weighted by Crippen LogP contribution is -2.49. The number of methoxy groups -OCH3 is 2. The normalized spacial score (nSPS) is 18.8. The maximum absolute atomic E-state index is 14.1. The molecule has 12 heteroatoms. The van der Waals surface area contributed by atoms with E-state index in [0.29, 0.717) is 22.9 Å². The van der Waals surface area contributed by atoms with Crippen LogP contribution in [0.15, 0.2) is 36.9 Å². The van der Waals surface area contributed by atoms with Crippen LogP contribution in [-0.2, 0) is 9.53 Å². The van der Waals surface area contributed by atoms with Gasteiger partial charge in [0.05, 0.1) is 31.8 Å². The van der Waals surface area contributed by atoms with Crippen LogP contribution in [0.3, 0.4) is 0 Å². The Labute approximate surface area is 233 Å². The van der Waals surface area contributed by atoms with Gasteiger partial charge in [0.1, 0.15) is 23.6 Å². The Hall–Kier alpha value is -3.80. The van der Waals surface area contributed by atoms with Gasteiger partial charge in [0.15, 0.2) is 0 Å². The molecule has 1 fully saturated rings. The molecule has 216 valence electrons. The standard InChI is InChI=1S/C28H38FN7O4/c1-17(2)36-23(10-11-31-36)26(37)34-25(19-8-6-18(3)7-9-19)27(38)33-21-14-32-35(15-21)24(16-39-4)22-12-20(29)13-30-28(22)40-5/h10-15,17-19,24-25H,6-9,16H2,1-5H3,(H,33,38)(H,34,37)/t18-,19-,24?,25-/m0/s1. The van der Waals surface area contributed by atoms with Gasteiger partial charge in [-0.2, -0.15) is 10.2 Å². The summed E-state index contributed by atoms with van der Waals surface area (Å²) in [7, 11) is 2.98. The molecule has 0 saturated heterocycles. The minimum atomic E-state index is -0.735. The van der Waals surface area contributed by atoms with E-state index in [2.05, 4.69) is 32.7 Å². The molecule has 11 nitrogen and oxygen atoms in total. The number of anilines is 1. The van der Waals surface area contributed by atoms with Gasteiger partial charge in [-0.25, -0.2) is 9.37 Å². The van der Waals surface area contributed by atoms with Crippen molar-refractivity contribution in [1.29, 1.82) is 0 Å². The van der Waals surface area contributed by atoms with Gasteiger partial charge in [0.2, 0.25) is 11.8 Å². The third-order valence-electron chi connectivity index (χ3n) is 7.40. The van der Waals surface area contributed by atoms with Crippen LogP contribution < -0.4 is 15.4 Å². The van der Waals surface area contributed by atoms with E-state index in [-0.39, 0.29) is 36.3 Å². The molecule has 40 heavy (non-hydrogen) atoms. The average molecular weight is 556 g/mol. The van der Waals surface area contributed by atoms with E-state index < -0.39 is 17.9 Å². The van der Waals surface area contributed by atoms with Gasteiger partial charge in [-0.15, -0.1) is 0 Å². The second kappa shape index (κ2) is 13.0. The zero-order valence-corrected chi connectivity index (χ0v) is 23.6. The van der Waals surface area contributed by atoms with Crippen LogP contribution in [0.2, 0.25) is 0 Å². The Morgan fingerprint density at radius 1 is 1.15 bits per heavy atom. The quantitative estimate of drug-likeness (QED) is 0.366. The monoisotopic (exact) mass is 555 g/mol. The highest BCUT2D eigenvalue weighted by molar-refractivity contribution is 6.00. The van der Waals surface area contributed by atoms with Crippen molar-refractivity contribution < 1.29 is 23.5 Å². The van der Waals surface area contributed by atoms with Crippen molar-refractivity contribution in [2.75, 3.05) is 26.1 Å². The van der Waals surface area contributed by atoms with E-state index >= 15 is 0 Å². The summed E-state index contributed by atoms with van der Waals surface area (Å²) in [6, 6.07) is 1.69. The summed E-state index contributed by atoms with van der Waals surface area (Å²) in [6.45, 7) is 6.26. The lowest BCUT2D eigenvalue weighted by atomic mass is 9.79. The van der Waals surface area contributed by atoms with Crippen LogP contribution in [0.4, 0.5) is 10.1 Å². The third-order valence-corrected chi connectivity index (χ3v) is 7.40. The molecular formula is C28H38FN7O4. The Morgan fingerprint density at radius 3 is 2.58 bits per heavy atom. The summed E-state index contributed by atoms with van der Waals surface area (Å²) >= 11 is 0. The van der Waals surface area contributed by atoms with Gasteiger partial charge in [0, 0.05) is 31.1 Å². The number of carbonyl (C=O) groups is 2. The lowest BCUT2D eigenvalue weighted by Gasteiger charge is -2.32. The molecule has 3 heterocycles. The molecular weight excluding hydrogens is 517 g/mol. The van der Waals surface area contributed by atoms with Crippen molar-refractivity contribution in [2.45, 2.75) is 64.6 Å². The summed E-state index contributed by atoms with van der Waals surface area (Å²) < 4.78 is 28.0. The Balaban J connectivity index is 1.56. The summed E-state index contributed by atoms with van der Waals surface area (Å²) in [5.41, 5.74) is 1.29. The van der Waals surface area contributed by atoms with Crippen LogP contribution in [0.5, 0.6) is 5.88 Å². The summed E-state index contributed by atoms with van der Waals surface area (Å²) in [6.07, 6.45) is 9.48. The highest BCUT2D eigenvalue weighted by Gasteiger charge is 2.34. The van der Waals surface area contributed by atoms with Gasteiger partial charge in [-0.05, 0) is 50.7 Å². The third kappa shape index (κ3) is 6.67. The topological polar surface area (TPSA) is 125 Å². The van der Waals surface area contributed by atoms with Gasteiger partial charge in [-0.3, -0.25) is 19.0 Å². The van der Waals surface area contributed by atoms with Crippen molar-refractivity contribution in [3.8, 4) is 5.88 Å². The first-order chi connectivity index (χ1) is 19.2. The Kier molecular flexibility index (Phi) is 9.51. The highest BCUT2D eigenvalue weighted by Crippen LogP contribution is 2.32. The summed E-state index contributed by atoms with van der Waals surface area (Å²) in [4.78, 5) is 30.9. The molecule has 0 bridgehead atoms. The molecule has 0 aliphatic heterocycles. The first-order valence-corrected chi connectivity index (χ1v) is 13.6. The number of ether oxygens (including phenoxy) is 2. The van der Waals surface area contributed by atoms with Crippen molar-refractivity contribution in [3.63, 3.8) is 0 Å². The number of rotatable bonds is 11. The first-order valence-electron chi connectivity index (χ1n) is 13.6. The van der Waals surface area contributed by atoms with Gasteiger partial charge in [-0.1, -0.05) is 19.8 Å². The zero-order valence-electron chi connectivity index (χ0n) is 23.6. The van der Waals surface area contributed by atoms with Crippen LogP contribution >= 0.6 is 0 Å². The predicted molar refractivity (Wildman–Crippen MR) is 147 cm³/mol. The van der Waals surface area contributed by atoms with Gasteiger partial charge in [0.25, 0.3) is 5.91 Å².